The minimum Gasteiger partial charge on any atom is -0.455 e. The number of ketones is 2. The maximum Gasteiger partial charge on any atom is 0.490 e. The van der Waals surface area contributed by atoms with Crippen molar-refractivity contribution in [3.63, 3.8) is 0 Å². The Bertz CT molecular complexity index is 1300. The van der Waals surface area contributed by atoms with E-state index >= 15 is 0 Å². The second-order valence-electron chi connectivity index (χ2n) is 12.8. The molecule has 8 nitrogen and oxygen atoms in total. The molecule has 0 aromatic rings. The molecule has 4 aliphatic carbocycles. The van der Waals surface area contributed by atoms with Crippen LogP contribution in [0.4, 0.5) is 39.5 Å². The zero-order valence-electron chi connectivity index (χ0n) is 23.9. The highest BCUT2D eigenvalue weighted by atomic mass is 19.4. The molecule has 45 heavy (non-hydrogen) atoms. The minimum absolute atomic E-state index is 0.0704. The van der Waals surface area contributed by atoms with Crippen molar-refractivity contribution < 1.29 is 77.7 Å². The van der Waals surface area contributed by atoms with Gasteiger partial charge in [0.1, 0.15) is 11.9 Å². The number of rotatable bonds is 5. The van der Waals surface area contributed by atoms with Crippen LogP contribution in [0, 0.1) is 34.5 Å². The average molecular weight is 665 g/mol. The van der Waals surface area contributed by atoms with Gasteiger partial charge in [0.15, 0.2) is 6.61 Å². The van der Waals surface area contributed by atoms with Gasteiger partial charge in [-0.05, 0) is 60.8 Å². The van der Waals surface area contributed by atoms with E-state index in [1.807, 2.05) is 0 Å². The van der Waals surface area contributed by atoms with Gasteiger partial charge in [-0.3, -0.25) is 9.59 Å². The Labute approximate surface area is 250 Å². The van der Waals surface area contributed by atoms with Crippen molar-refractivity contribution in [1.82, 2.24) is 0 Å². The minimum atomic E-state index is -5.75. The second-order valence-corrected chi connectivity index (χ2v) is 12.8. The highest BCUT2D eigenvalue weighted by Gasteiger charge is 2.74. The summed E-state index contributed by atoms with van der Waals surface area (Å²) in [6.07, 6.45) is -18.9. The first-order valence-electron chi connectivity index (χ1n) is 13.9. The van der Waals surface area contributed by atoms with Crippen molar-refractivity contribution in [2.24, 2.45) is 34.5 Å². The van der Waals surface area contributed by atoms with Crippen molar-refractivity contribution >= 4 is 29.5 Å². The number of hydrogen-bond acceptors (Lipinski definition) is 8. The molecule has 0 radical (unpaired) electrons. The quantitative estimate of drug-likeness (QED) is 0.167. The van der Waals surface area contributed by atoms with E-state index in [0.29, 0.717) is 6.42 Å². The van der Waals surface area contributed by atoms with E-state index in [1.54, 1.807) is 6.92 Å². The molecule has 0 bridgehead atoms. The highest BCUT2D eigenvalue weighted by molar-refractivity contribution is 5.97. The summed E-state index contributed by atoms with van der Waals surface area (Å²) >= 11 is 0. The van der Waals surface area contributed by atoms with Crippen LogP contribution in [0.25, 0.3) is 0 Å². The summed E-state index contributed by atoms with van der Waals surface area (Å²) in [7, 11) is 0. The van der Waals surface area contributed by atoms with Crippen LogP contribution in [0.3, 0.4) is 0 Å². The van der Waals surface area contributed by atoms with Gasteiger partial charge in [0, 0.05) is 24.2 Å². The van der Waals surface area contributed by atoms with Gasteiger partial charge in [-0.2, -0.15) is 39.5 Å². The van der Waals surface area contributed by atoms with Crippen LogP contribution in [-0.4, -0.2) is 66.3 Å². The van der Waals surface area contributed by atoms with Crippen LogP contribution in [0.2, 0.25) is 0 Å². The van der Waals surface area contributed by atoms with Gasteiger partial charge in [0.25, 0.3) is 0 Å². The number of esters is 3. The first kappa shape index (κ1) is 34.7. The lowest BCUT2D eigenvalue weighted by molar-refractivity contribution is -0.244. The van der Waals surface area contributed by atoms with E-state index < -0.39 is 101 Å². The molecule has 4 rings (SSSR count). The molecule has 8 unspecified atom stereocenters. The zero-order chi connectivity index (χ0) is 34.1. The molecule has 0 aliphatic heterocycles. The maximum absolute atomic E-state index is 13.6. The summed E-state index contributed by atoms with van der Waals surface area (Å²) in [6.45, 7) is 4.62. The zero-order valence-corrected chi connectivity index (χ0v) is 23.9. The third-order valence-corrected chi connectivity index (χ3v) is 10.5. The molecule has 0 saturated heterocycles. The topological polar surface area (TPSA) is 113 Å². The van der Waals surface area contributed by atoms with E-state index in [-0.39, 0.29) is 43.8 Å². The fourth-order valence-corrected chi connectivity index (χ4v) is 8.66. The predicted molar refractivity (Wildman–Crippen MR) is 129 cm³/mol. The Balaban J connectivity index is 1.86. The van der Waals surface area contributed by atoms with Crippen molar-refractivity contribution in [1.29, 1.82) is 0 Å². The summed E-state index contributed by atoms with van der Waals surface area (Å²) in [5.41, 5.74) is -6.66. The largest absolute Gasteiger partial charge is 0.490 e. The number of Topliss-reactive ketones (excluding diaryl/α,β-unsaturated/α-hetero) is 2. The normalized spacial score (nSPS) is 36.7. The molecule has 252 valence electrons. The van der Waals surface area contributed by atoms with Crippen LogP contribution in [-0.2, 0) is 38.2 Å². The van der Waals surface area contributed by atoms with Gasteiger partial charge in [0.05, 0.1) is 0 Å². The lowest BCUT2D eigenvalue weighted by Crippen LogP contribution is -2.65. The molecule has 0 N–H and O–H groups in total. The lowest BCUT2D eigenvalue weighted by Gasteiger charge is -2.62. The maximum atomic E-state index is 13.6. The Kier molecular flexibility index (Phi) is 8.48. The van der Waals surface area contributed by atoms with E-state index in [9.17, 15) is 63.5 Å². The predicted octanol–water partition coefficient (Wildman–Crippen LogP) is 5.37. The molecule has 0 aromatic heterocycles. The van der Waals surface area contributed by atoms with Gasteiger partial charge in [-0.15, -0.1) is 0 Å². The Morgan fingerprint density at radius 1 is 0.867 bits per heavy atom. The van der Waals surface area contributed by atoms with E-state index in [2.05, 4.69) is 11.3 Å². The van der Waals surface area contributed by atoms with Crippen LogP contribution >= 0.6 is 0 Å². The van der Waals surface area contributed by atoms with Crippen molar-refractivity contribution in [2.45, 2.75) is 89.0 Å². The number of ether oxygens (including phenoxy) is 3. The molecule has 0 spiro atoms. The van der Waals surface area contributed by atoms with Crippen LogP contribution in [0.5, 0.6) is 0 Å². The van der Waals surface area contributed by atoms with Gasteiger partial charge < -0.3 is 14.2 Å². The van der Waals surface area contributed by atoms with Gasteiger partial charge >= 0.3 is 36.4 Å². The number of carbonyl (C=O) groups excluding carboxylic acids is 5. The molecular formula is C28H29F9O8. The first-order chi connectivity index (χ1) is 20.4. The smallest absolute Gasteiger partial charge is 0.455 e. The van der Waals surface area contributed by atoms with Crippen molar-refractivity contribution in [2.75, 3.05) is 6.61 Å². The molecule has 17 heteroatoms. The Morgan fingerprint density at radius 2 is 1.44 bits per heavy atom. The summed E-state index contributed by atoms with van der Waals surface area (Å²) in [5, 5.41) is 0. The van der Waals surface area contributed by atoms with Crippen LogP contribution in [0.1, 0.15) is 58.8 Å². The summed E-state index contributed by atoms with van der Waals surface area (Å²) in [4.78, 5) is 61.7. The molecule has 0 aromatic carbocycles. The summed E-state index contributed by atoms with van der Waals surface area (Å²) in [5.74, 6) is -13.3. The van der Waals surface area contributed by atoms with Crippen molar-refractivity contribution in [3.8, 4) is 0 Å². The number of fused-ring (bicyclic) bond motifs is 5. The SMILES string of the molecule is C=C1CC2C3CCC4CC(=O)CCC4(C)C3C(OC(=O)C(F)(F)F)CC2(C)C1(OC(=O)C(F)(F)F)C(=O)COC(=O)C(F)(F)F. The van der Waals surface area contributed by atoms with E-state index in [0.717, 1.165) is 6.92 Å². The molecule has 0 heterocycles. The molecule has 4 saturated carbocycles. The number of carbonyl (C=O) groups is 5. The second kappa shape index (κ2) is 11.0. The van der Waals surface area contributed by atoms with Gasteiger partial charge in [-0.25, -0.2) is 14.4 Å². The molecule has 8 atom stereocenters. The Morgan fingerprint density at radius 3 is 2.00 bits per heavy atom. The fraction of sp³-hybridized carbons (Fsp3) is 0.750. The Hall–Kier alpha value is -3.14. The molecular weight excluding hydrogens is 635 g/mol. The third-order valence-electron chi connectivity index (χ3n) is 10.5. The standard InChI is InChI=1S/C28H29F9O8/c1-12-8-16-15-5-4-13-9-14(38)6-7-23(13,2)19(15)17(44-21(41)27(32,33)34)10-24(16,3)25(12,45-22(42)28(35,36)37)18(39)11-43-20(40)26(29,30)31/h13,15-17,19H,1,4-11H2,2-3H3. The number of halogens is 9. The number of alkyl halides is 9. The lowest BCUT2D eigenvalue weighted by atomic mass is 9.43. The molecule has 0 amide bonds. The van der Waals surface area contributed by atoms with Gasteiger partial charge in [0.2, 0.25) is 11.4 Å². The molecule has 4 fully saturated rings. The van der Waals surface area contributed by atoms with E-state index in [4.69, 9.17) is 9.47 Å². The van der Waals surface area contributed by atoms with Gasteiger partial charge in [-0.1, -0.05) is 20.4 Å². The van der Waals surface area contributed by atoms with Crippen LogP contribution in [0.15, 0.2) is 12.2 Å². The summed E-state index contributed by atoms with van der Waals surface area (Å²) in [6, 6.07) is 0. The molecule has 4 aliphatic rings. The third kappa shape index (κ3) is 5.72. The van der Waals surface area contributed by atoms with Crippen molar-refractivity contribution in [3.05, 3.63) is 12.2 Å². The summed E-state index contributed by atoms with van der Waals surface area (Å²) < 4.78 is 133. The van der Waals surface area contributed by atoms with Crippen LogP contribution < -0.4 is 0 Å². The highest BCUT2D eigenvalue weighted by Crippen LogP contribution is 2.70. The fourth-order valence-electron chi connectivity index (χ4n) is 8.66. The first-order valence-corrected chi connectivity index (χ1v) is 13.9. The monoisotopic (exact) mass is 664 g/mol. The van der Waals surface area contributed by atoms with E-state index in [1.165, 1.54) is 0 Å². The number of hydrogen-bond donors (Lipinski definition) is 0. The average Bonchev–Trinajstić information content (AvgIpc) is 3.12.